The third kappa shape index (κ3) is 11.9. The highest BCUT2D eigenvalue weighted by atomic mass is 79.9. The van der Waals surface area contributed by atoms with Crippen LogP contribution in [0.1, 0.15) is 47.0 Å². The van der Waals surface area contributed by atoms with Crippen molar-refractivity contribution >= 4 is 62.4 Å². The number of aryl methyl sites for hydroxylation is 2. The molecule has 0 bridgehead atoms. The van der Waals surface area contributed by atoms with E-state index in [2.05, 4.69) is 47.3 Å². The number of aromatic hydroxyl groups is 3. The van der Waals surface area contributed by atoms with Crippen LogP contribution in [0.3, 0.4) is 0 Å². The van der Waals surface area contributed by atoms with Crippen LogP contribution in [0.25, 0.3) is 0 Å². The molecule has 2 aromatic carbocycles. The van der Waals surface area contributed by atoms with E-state index in [0.717, 1.165) is 6.07 Å². The van der Waals surface area contributed by atoms with Crippen molar-refractivity contribution < 1.29 is 41.2 Å². The van der Waals surface area contributed by atoms with Crippen LogP contribution in [0.15, 0.2) is 24.3 Å². The molecule has 0 radical (unpaired) electrons. The molecular formula is C19H24BBr3O8. The maximum atomic E-state index is 10.6. The van der Waals surface area contributed by atoms with Crippen LogP contribution in [-0.2, 0) is 0 Å². The van der Waals surface area contributed by atoms with Gasteiger partial charge in [-0.15, -0.1) is 47.3 Å². The van der Waals surface area contributed by atoms with E-state index in [1.807, 2.05) is 0 Å². The SMILES string of the molecule is BrB(Br)Br.COc1cc(C(=O)O)cc(C)c1O.Cc1cc(C(=O)O)cc(O)c1O.[2H]CC. The van der Waals surface area contributed by atoms with Crippen molar-refractivity contribution in [1.82, 2.24) is 0 Å². The Hall–Kier alpha value is -1.92. The Kier molecular flexibility index (Phi) is 14.8. The number of phenolic OH excluding ortho intramolecular Hbond substituents is 3. The van der Waals surface area contributed by atoms with Crippen LogP contribution >= 0.6 is 47.3 Å². The molecule has 0 aliphatic heterocycles. The van der Waals surface area contributed by atoms with Gasteiger partial charge in [0.2, 0.25) is 0 Å². The minimum atomic E-state index is -1.13. The average Bonchev–Trinajstić information content (AvgIpc) is 2.68. The second-order valence-corrected chi connectivity index (χ2v) is 11.8. The molecule has 5 N–H and O–H groups in total. The van der Waals surface area contributed by atoms with Gasteiger partial charge in [0.05, 0.1) is 18.2 Å². The Labute approximate surface area is 207 Å². The lowest BCUT2D eigenvalue weighted by Crippen LogP contribution is -1.98. The molecule has 0 amide bonds. The van der Waals surface area contributed by atoms with Crippen LogP contribution in [0, 0.1) is 13.8 Å². The molecule has 0 spiro atoms. The van der Waals surface area contributed by atoms with Gasteiger partial charge in [0.25, 0.3) is 0 Å². The highest BCUT2D eigenvalue weighted by Crippen LogP contribution is 2.31. The second-order valence-electron chi connectivity index (χ2n) is 5.36. The molecule has 0 aliphatic rings. The van der Waals surface area contributed by atoms with Crippen LogP contribution < -0.4 is 4.74 Å². The van der Waals surface area contributed by atoms with Crippen LogP contribution in [0.5, 0.6) is 23.0 Å². The van der Waals surface area contributed by atoms with Crippen molar-refractivity contribution in [2.45, 2.75) is 27.7 Å². The summed E-state index contributed by atoms with van der Waals surface area (Å²) in [5.41, 5.74) is 0.888. The van der Waals surface area contributed by atoms with E-state index in [0.29, 0.717) is 18.0 Å². The number of aromatic carboxylic acids is 2. The van der Waals surface area contributed by atoms with Gasteiger partial charge in [0.1, 0.15) is 0 Å². The number of ether oxygens (including phenoxy) is 1. The van der Waals surface area contributed by atoms with Gasteiger partial charge in [-0.2, -0.15) is 0 Å². The molecule has 0 aliphatic carbocycles. The first-order valence-corrected chi connectivity index (χ1v) is 11.1. The third-order valence-corrected chi connectivity index (χ3v) is 3.26. The summed E-state index contributed by atoms with van der Waals surface area (Å²) in [7, 11) is 1.38. The normalized spacial score (nSPS) is 9.32. The number of methoxy groups -OCH3 is 1. The van der Waals surface area contributed by atoms with Crippen molar-refractivity contribution in [2.24, 2.45) is 0 Å². The summed E-state index contributed by atoms with van der Waals surface area (Å²) >= 11 is 9.31. The van der Waals surface area contributed by atoms with Gasteiger partial charge in [-0.25, -0.2) is 9.59 Å². The van der Waals surface area contributed by atoms with E-state index in [9.17, 15) is 14.7 Å². The Morgan fingerprint density at radius 2 is 1.26 bits per heavy atom. The van der Waals surface area contributed by atoms with Gasteiger partial charge in [-0.1, -0.05) is 13.8 Å². The van der Waals surface area contributed by atoms with Gasteiger partial charge in [0.15, 0.2) is 23.0 Å². The summed E-state index contributed by atoms with van der Waals surface area (Å²) < 4.78 is 11.3. The molecule has 0 saturated carbocycles. The van der Waals surface area contributed by atoms with E-state index in [1.54, 1.807) is 13.8 Å². The molecule has 0 fully saturated rings. The Bertz CT molecular complexity index is 871. The van der Waals surface area contributed by atoms with Crippen molar-refractivity contribution in [3.05, 3.63) is 46.5 Å². The minimum Gasteiger partial charge on any atom is -0.504 e. The van der Waals surface area contributed by atoms with E-state index in [4.69, 9.17) is 26.5 Å². The summed E-state index contributed by atoms with van der Waals surface area (Å²) in [5.74, 6) is -2.70. The number of carboxylic acids is 2. The molecular weight excluding hydrogens is 607 g/mol. The zero-order chi connectivity index (χ0) is 25.6. The number of benzene rings is 2. The van der Waals surface area contributed by atoms with Crippen molar-refractivity contribution in [2.75, 3.05) is 7.11 Å². The van der Waals surface area contributed by atoms with Crippen molar-refractivity contribution in [3.63, 3.8) is 0 Å². The molecule has 2 rings (SSSR count). The summed E-state index contributed by atoms with van der Waals surface area (Å²) in [6.45, 7) is 5.42. The van der Waals surface area contributed by atoms with Gasteiger partial charge in [-0.05, 0) is 49.2 Å². The summed E-state index contributed by atoms with van der Waals surface area (Å²) in [5, 5.41) is 44.7. The molecule has 8 nitrogen and oxygen atoms in total. The summed E-state index contributed by atoms with van der Waals surface area (Å²) in [4.78, 5) is 21.0. The third-order valence-electron chi connectivity index (χ3n) is 3.26. The fourth-order valence-corrected chi connectivity index (χ4v) is 1.91. The van der Waals surface area contributed by atoms with Gasteiger partial charge < -0.3 is 30.3 Å². The van der Waals surface area contributed by atoms with Crippen LogP contribution in [0.2, 0.25) is 0 Å². The highest BCUT2D eigenvalue weighted by molar-refractivity contribution is 9.69. The van der Waals surface area contributed by atoms with Crippen LogP contribution in [0.4, 0.5) is 0 Å². The standard InChI is InChI=1S/C9H10O4.C8H8O4.C2H6.BBr3/c1-5-3-6(9(11)12)4-7(13-2)8(5)10;1-4-2-5(8(11)12)3-6(9)7(4)10;1-2;2-1(3)4/h3-4,10H,1-2H3,(H,11,12);2-3,9-10H,1H3,(H,11,12);1-2H3;/i;;1D;. The van der Waals surface area contributed by atoms with Gasteiger partial charge in [0, 0.05) is 1.37 Å². The maximum absolute atomic E-state index is 10.6. The largest absolute Gasteiger partial charge is 0.504 e. The first kappa shape index (κ1) is 29.1. The lowest BCUT2D eigenvalue weighted by molar-refractivity contribution is 0.0685. The number of hydrogen-bond donors (Lipinski definition) is 5. The molecule has 12 heteroatoms. The molecule has 31 heavy (non-hydrogen) atoms. The van der Waals surface area contributed by atoms with Gasteiger partial charge >= 0.3 is 15.1 Å². The monoisotopic (exact) mass is 629 g/mol. The number of carbonyl (C=O) groups is 2. The summed E-state index contributed by atoms with van der Waals surface area (Å²) in [6, 6.07) is 4.97. The highest BCUT2D eigenvalue weighted by Gasteiger charge is 2.11. The van der Waals surface area contributed by atoms with E-state index >= 15 is 0 Å². The minimum absolute atomic E-state index is 0.0208. The second kappa shape index (κ2) is 15.8. The van der Waals surface area contributed by atoms with Crippen LogP contribution in [-0.4, -0.2) is 47.8 Å². The molecule has 0 aromatic heterocycles. The van der Waals surface area contributed by atoms with E-state index in [1.165, 1.54) is 32.2 Å². The lowest BCUT2D eigenvalue weighted by Gasteiger charge is -2.06. The number of hydrogen-bond acceptors (Lipinski definition) is 6. The van der Waals surface area contributed by atoms with Crippen molar-refractivity contribution in [1.29, 1.82) is 0 Å². The Balaban J connectivity index is 0. The predicted molar refractivity (Wildman–Crippen MR) is 132 cm³/mol. The molecule has 0 unspecified atom stereocenters. The lowest BCUT2D eigenvalue weighted by atomic mass is 10.1. The number of halogens is 3. The zero-order valence-corrected chi connectivity index (χ0v) is 21.9. The molecule has 0 saturated heterocycles. The van der Waals surface area contributed by atoms with E-state index in [-0.39, 0.29) is 31.6 Å². The fraction of sp³-hybridized carbons (Fsp3) is 0.263. The Morgan fingerprint density at radius 3 is 1.58 bits per heavy atom. The first-order valence-electron chi connectivity index (χ1n) is 9.02. The Morgan fingerprint density at radius 1 is 0.903 bits per heavy atom. The number of carboxylic acid groups (broad SMARTS) is 2. The molecule has 0 heterocycles. The maximum Gasteiger partial charge on any atom is 0.369 e. The quantitative estimate of drug-likeness (QED) is 0.215. The zero-order valence-electron chi connectivity index (χ0n) is 18.2. The molecule has 0 atom stereocenters. The number of phenols is 3. The predicted octanol–water partition coefficient (Wildman–Crippen LogP) is 5.69. The van der Waals surface area contributed by atoms with Gasteiger partial charge in [-0.3, -0.25) is 0 Å². The fourth-order valence-electron chi connectivity index (χ4n) is 1.91. The molecule has 2 aromatic rings. The molecule has 172 valence electrons. The topological polar surface area (TPSA) is 145 Å². The first-order chi connectivity index (χ1) is 14.7. The van der Waals surface area contributed by atoms with Crippen molar-refractivity contribution in [3.8, 4) is 23.0 Å². The summed E-state index contributed by atoms with van der Waals surface area (Å²) in [6.07, 6.45) is 0. The average molecular weight is 632 g/mol. The number of rotatable bonds is 3. The van der Waals surface area contributed by atoms with E-state index < -0.39 is 17.7 Å². The smallest absolute Gasteiger partial charge is 0.369 e.